The van der Waals surface area contributed by atoms with Gasteiger partial charge in [0.25, 0.3) is 0 Å². The first-order valence-electron chi connectivity index (χ1n) is 5.50. The summed E-state index contributed by atoms with van der Waals surface area (Å²) in [6.07, 6.45) is 1.08. The fourth-order valence-electron chi connectivity index (χ4n) is 1.68. The van der Waals surface area contributed by atoms with E-state index >= 15 is 0 Å². The molecule has 0 aliphatic rings. The second kappa shape index (κ2) is 4.93. The lowest BCUT2D eigenvalue weighted by atomic mass is 10.1. The van der Waals surface area contributed by atoms with Crippen LogP contribution in [0.5, 0.6) is 0 Å². The molecule has 0 aliphatic carbocycles. The Labute approximate surface area is 100 Å². The van der Waals surface area contributed by atoms with Crippen molar-refractivity contribution in [2.75, 3.05) is 11.1 Å². The second-order valence-electron chi connectivity index (χ2n) is 3.96. The molecule has 1 heterocycles. The maximum atomic E-state index is 9.67. The fourth-order valence-corrected chi connectivity index (χ4v) is 1.68. The van der Waals surface area contributed by atoms with Crippen LogP contribution in [0.1, 0.15) is 24.4 Å². The molecule has 90 valence electrons. The molecule has 1 aromatic heterocycles. The Morgan fingerprint density at radius 3 is 2.88 bits per heavy atom. The molecule has 4 N–H and O–H groups in total. The summed E-state index contributed by atoms with van der Waals surface area (Å²) in [5.41, 5.74) is 8.00. The molecule has 4 heteroatoms. The van der Waals surface area contributed by atoms with Crippen LogP contribution in [0.25, 0.3) is 0 Å². The van der Waals surface area contributed by atoms with Gasteiger partial charge in [0.1, 0.15) is 5.76 Å². The first kappa shape index (κ1) is 11.5. The number of nitrogens with two attached hydrogens (primary N) is 1. The SMILES string of the molecule is CC(O)c1cc(N)ccc1NCc1ccco1. The van der Waals surface area contributed by atoms with Gasteiger partial charge < -0.3 is 20.6 Å². The third-order valence-corrected chi connectivity index (χ3v) is 2.56. The van der Waals surface area contributed by atoms with E-state index in [1.165, 1.54) is 0 Å². The van der Waals surface area contributed by atoms with E-state index in [1.807, 2.05) is 18.2 Å². The molecular formula is C13H16N2O2. The number of anilines is 2. The number of aliphatic hydroxyl groups excluding tert-OH is 1. The largest absolute Gasteiger partial charge is 0.467 e. The van der Waals surface area contributed by atoms with Gasteiger partial charge >= 0.3 is 0 Å². The van der Waals surface area contributed by atoms with Gasteiger partial charge in [-0.15, -0.1) is 0 Å². The Hall–Kier alpha value is -1.94. The minimum absolute atomic E-state index is 0.558. The summed E-state index contributed by atoms with van der Waals surface area (Å²) in [4.78, 5) is 0. The van der Waals surface area contributed by atoms with Crippen molar-refractivity contribution in [3.8, 4) is 0 Å². The summed E-state index contributed by atoms with van der Waals surface area (Å²) in [6, 6.07) is 9.17. The molecule has 2 aromatic rings. The Balaban J connectivity index is 2.14. The fraction of sp³-hybridized carbons (Fsp3) is 0.231. The summed E-state index contributed by atoms with van der Waals surface area (Å²) >= 11 is 0. The van der Waals surface area contributed by atoms with Gasteiger partial charge in [0.05, 0.1) is 18.9 Å². The molecule has 1 atom stereocenters. The predicted molar refractivity (Wildman–Crippen MR) is 67.5 cm³/mol. The Morgan fingerprint density at radius 1 is 1.41 bits per heavy atom. The smallest absolute Gasteiger partial charge is 0.122 e. The maximum Gasteiger partial charge on any atom is 0.122 e. The summed E-state index contributed by atoms with van der Waals surface area (Å²) in [5.74, 6) is 0.846. The molecule has 0 bridgehead atoms. The quantitative estimate of drug-likeness (QED) is 0.708. The lowest BCUT2D eigenvalue weighted by Crippen LogP contribution is -2.04. The van der Waals surface area contributed by atoms with Crippen molar-refractivity contribution in [3.05, 3.63) is 47.9 Å². The molecule has 0 spiro atoms. The standard InChI is InChI=1S/C13H16N2O2/c1-9(16)12-7-10(14)4-5-13(12)15-8-11-3-2-6-17-11/h2-7,9,15-16H,8,14H2,1H3. The molecule has 17 heavy (non-hydrogen) atoms. The zero-order valence-corrected chi connectivity index (χ0v) is 9.68. The van der Waals surface area contributed by atoms with Crippen molar-refractivity contribution in [2.24, 2.45) is 0 Å². The highest BCUT2D eigenvalue weighted by Gasteiger charge is 2.08. The number of hydrogen-bond donors (Lipinski definition) is 3. The molecule has 0 radical (unpaired) electrons. The van der Waals surface area contributed by atoms with Gasteiger partial charge in [-0.2, -0.15) is 0 Å². The van der Waals surface area contributed by atoms with E-state index in [2.05, 4.69) is 5.32 Å². The molecule has 0 amide bonds. The Kier molecular flexibility index (Phi) is 3.35. The highest BCUT2D eigenvalue weighted by atomic mass is 16.3. The highest BCUT2D eigenvalue weighted by Crippen LogP contribution is 2.25. The number of nitrogen functional groups attached to an aromatic ring is 1. The van der Waals surface area contributed by atoms with Crippen molar-refractivity contribution in [1.82, 2.24) is 0 Å². The third-order valence-electron chi connectivity index (χ3n) is 2.56. The highest BCUT2D eigenvalue weighted by molar-refractivity contribution is 5.58. The first-order valence-corrected chi connectivity index (χ1v) is 5.50. The summed E-state index contributed by atoms with van der Waals surface area (Å²) in [6.45, 7) is 2.30. The van der Waals surface area contributed by atoms with Gasteiger partial charge in [-0.1, -0.05) is 0 Å². The lowest BCUT2D eigenvalue weighted by Gasteiger charge is -2.14. The number of rotatable bonds is 4. The van der Waals surface area contributed by atoms with E-state index in [0.29, 0.717) is 12.2 Å². The predicted octanol–water partition coefficient (Wildman–Crippen LogP) is 2.53. The zero-order valence-electron chi connectivity index (χ0n) is 9.68. The van der Waals surface area contributed by atoms with Gasteiger partial charge in [0, 0.05) is 16.9 Å². The molecule has 2 rings (SSSR count). The topological polar surface area (TPSA) is 71.4 Å². The Morgan fingerprint density at radius 2 is 2.24 bits per heavy atom. The molecule has 4 nitrogen and oxygen atoms in total. The van der Waals surface area contributed by atoms with Crippen molar-refractivity contribution in [1.29, 1.82) is 0 Å². The first-order chi connectivity index (χ1) is 8.16. The molecule has 1 unspecified atom stereocenters. The molecule has 0 saturated carbocycles. The number of aliphatic hydroxyl groups is 1. The van der Waals surface area contributed by atoms with Gasteiger partial charge in [0.2, 0.25) is 0 Å². The van der Waals surface area contributed by atoms with E-state index in [1.54, 1.807) is 25.3 Å². The average Bonchev–Trinajstić information content (AvgIpc) is 2.80. The third kappa shape index (κ3) is 2.79. The maximum absolute atomic E-state index is 9.67. The zero-order chi connectivity index (χ0) is 12.3. The number of furan rings is 1. The number of benzene rings is 1. The van der Waals surface area contributed by atoms with Gasteiger partial charge in [0.15, 0.2) is 0 Å². The molecule has 0 fully saturated rings. The monoisotopic (exact) mass is 232 g/mol. The average molecular weight is 232 g/mol. The van der Waals surface area contributed by atoms with Gasteiger partial charge in [-0.05, 0) is 37.3 Å². The van der Waals surface area contributed by atoms with Crippen LogP contribution in [0.3, 0.4) is 0 Å². The van der Waals surface area contributed by atoms with Crippen LogP contribution >= 0.6 is 0 Å². The molecule has 0 aliphatic heterocycles. The van der Waals surface area contributed by atoms with E-state index in [4.69, 9.17) is 10.2 Å². The van der Waals surface area contributed by atoms with Crippen LogP contribution in [0.15, 0.2) is 41.0 Å². The normalized spacial score (nSPS) is 12.4. The Bertz CT molecular complexity index is 478. The molecular weight excluding hydrogens is 216 g/mol. The van der Waals surface area contributed by atoms with Crippen molar-refractivity contribution >= 4 is 11.4 Å². The van der Waals surface area contributed by atoms with E-state index in [9.17, 15) is 5.11 Å². The second-order valence-corrected chi connectivity index (χ2v) is 3.96. The van der Waals surface area contributed by atoms with Gasteiger partial charge in [-0.25, -0.2) is 0 Å². The molecule has 0 saturated heterocycles. The minimum Gasteiger partial charge on any atom is -0.467 e. The van der Waals surface area contributed by atoms with Crippen molar-refractivity contribution in [3.63, 3.8) is 0 Å². The summed E-state index contributed by atoms with van der Waals surface area (Å²) in [7, 11) is 0. The van der Waals surface area contributed by atoms with E-state index in [-0.39, 0.29) is 0 Å². The minimum atomic E-state index is -0.558. The van der Waals surface area contributed by atoms with Crippen LogP contribution in [0, 0.1) is 0 Å². The van der Waals surface area contributed by atoms with Crippen LogP contribution in [-0.2, 0) is 6.54 Å². The van der Waals surface area contributed by atoms with Crippen molar-refractivity contribution in [2.45, 2.75) is 19.6 Å². The van der Waals surface area contributed by atoms with E-state index < -0.39 is 6.10 Å². The van der Waals surface area contributed by atoms with E-state index in [0.717, 1.165) is 17.0 Å². The number of nitrogens with one attached hydrogen (secondary N) is 1. The van der Waals surface area contributed by atoms with Crippen LogP contribution in [-0.4, -0.2) is 5.11 Å². The van der Waals surface area contributed by atoms with Crippen molar-refractivity contribution < 1.29 is 9.52 Å². The van der Waals surface area contributed by atoms with Crippen LogP contribution in [0.4, 0.5) is 11.4 Å². The summed E-state index contributed by atoms with van der Waals surface area (Å²) < 4.78 is 5.23. The summed E-state index contributed by atoms with van der Waals surface area (Å²) in [5, 5.41) is 12.9. The molecule has 1 aromatic carbocycles. The van der Waals surface area contributed by atoms with Crippen LogP contribution < -0.4 is 11.1 Å². The van der Waals surface area contributed by atoms with Gasteiger partial charge in [-0.3, -0.25) is 0 Å². The number of hydrogen-bond acceptors (Lipinski definition) is 4. The lowest BCUT2D eigenvalue weighted by molar-refractivity contribution is 0.200. The van der Waals surface area contributed by atoms with Crippen LogP contribution in [0.2, 0.25) is 0 Å².